The summed E-state index contributed by atoms with van der Waals surface area (Å²) >= 11 is 0. The Morgan fingerprint density at radius 3 is 2.05 bits per heavy atom. The molecular weight excluding hydrogens is 470 g/mol. The molecule has 4 amide bonds. The van der Waals surface area contributed by atoms with Crippen LogP contribution in [0.25, 0.3) is 0 Å². The first-order chi connectivity index (χ1) is 18.0. The van der Waals surface area contributed by atoms with Gasteiger partial charge in [0.25, 0.3) is 11.8 Å². The first-order valence-electron chi connectivity index (χ1n) is 14.0. The van der Waals surface area contributed by atoms with E-state index in [2.05, 4.69) is 20.4 Å². The smallest absolute Gasteiger partial charge is 0.262 e. The van der Waals surface area contributed by atoms with E-state index < -0.39 is 23.8 Å². The largest absolute Gasteiger partial charge is 0.371 e. The number of benzene rings is 1. The minimum atomic E-state index is -0.925. The Kier molecular flexibility index (Phi) is 6.75. The van der Waals surface area contributed by atoms with Crippen molar-refractivity contribution in [1.29, 1.82) is 0 Å². The summed E-state index contributed by atoms with van der Waals surface area (Å²) in [5.41, 5.74) is 1.66. The Hall–Kier alpha value is -2.78. The van der Waals surface area contributed by atoms with E-state index in [0.717, 1.165) is 67.5 Å². The molecule has 0 aromatic heterocycles. The molecule has 9 heteroatoms. The van der Waals surface area contributed by atoms with E-state index in [1.54, 1.807) is 6.07 Å². The summed E-state index contributed by atoms with van der Waals surface area (Å²) < 4.78 is 0. The number of hydrogen-bond donors (Lipinski definition) is 2. The average Bonchev–Trinajstić information content (AvgIpc) is 3.18. The second-order valence-electron chi connectivity index (χ2n) is 11.4. The fourth-order valence-electron chi connectivity index (χ4n) is 7.21. The van der Waals surface area contributed by atoms with E-state index in [4.69, 9.17) is 0 Å². The number of carbonyl (C=O) groups excluding carboxylic acids is 4. The summed E-state index contributed by atoms with van der Waals surface area (Å²) in [5, 5.41) is 5.72. The van der Waals surface area contributed by atoms with Crippen molar-refractivity contribution >= 4 is 29.3 Å². The first-order valence-corrected chi connectivity index (χ1v) is 14.0. The van der Waals surface area contributed by atoms with Crippen LogP contribution in [-0.2, 0) is 9.59 Å². The van der Waals surface area contributed by atoms with Gasteiger partial charge in [-0.15, -0.1) is 0 Å². The molecule has 1 unspecified atom stereocenters. The Balaban J connectivity index is 1.06. The van der Waals surface area contributed by atoms with E-state index in [-0.39, 0.29) is 18.7 Å². The molecule has 5 heterocycles. The summed E-state index contributed by atoms with van der Waals surface area (Å²) in [5.74, 6) is -0.263. The molecule has 0 saturated carbocycles. The Morgan fingerprint density at radius 2 is 1.38 bits per heavy atom. The van der Waals surface area contributed by atoms with E-state index in [9.17, 15) is 19.2 Å². The van der Waals surface area contributed by atoms with Crippen LogP contribution >= 0.6 is 0 Å². The number of likely N-dealkylation sites (tertiary alicyclic amines) is 1. The van der Waals surface area contributed by atoms with Gasteiger partial charge in [-0.1, -0.05) is 0 Å². The number of carbonyl (C=O) groups is 4. The van der Waals surface area contributed by atoms with Crippen molar-refractivity contribution in [2.75, 3.05) is 44.2 Å². The molecule has 6 rings (SSSR count). The number of piperidine rings is 4. The van der Waals surface area contributed by atoms with Gasteiger partial charge in [0.1, 0.15) is 6.04 Å². The number of hydrogen-bond acceptors (Lipinski definition) is 7. The predicted octanol–water partition coefficient (Wildman–Crippen LogP) is 1.77. The van der Waals surface area contributed by atoms with Crippen molar-refractivity contribution in [2.24, 2.45) is 11.8 Å². The third kappa shape index (κ3) is 4.68. The van der Waals surface area contributed by atoms with Gasteiger partial charge in [-0.25, -0.2) is 0 Å². The molecule has 5 aliphatic heterocycles. The number of amides is 4. The van der Waals surface area contributed by atoms with E-state index >= 15 is 0 Å². The van der Waals surface area contributed by atoms with Crippen LogP contribution in [0.15, 0.2) is 18.2 Å². The second kappa shape index (κ2) is 10.2. The van der Waals surface area contributed by atoms with Crippen LogP contribution in [0.3, 0.4) is 0 Å². The van der Waals surface area contributed by atoms with Crippen molar-refractivity contribution in [3.05, 3.63) is 29.3 Å². The molecule has 1 aromatic rings. The van der Waals surface area contributed by atoms with Gasteiger partial charge in [0, 0.05) is 31.2 Å². The highest BCUT2D eigenvalue weighted by molar-refractivity contribution is 6.23. The molecule has 5 aliphatic rings. The normalized spacial score (nSPS) is 27.1. The maximum atomic E-state index is 13.2. The zero-order chi connectivity index (χ0) is 25.5. The van der Waals surface area contributed by atoms with Crippen LogP contribution in [0.4, 0.5) is 5.69 Å². The van der Waals surface area contributed by atoms with Gasteiger partial charge in [0.2, 0.25) is 11.8 Å². The number of rotatable bonds is 4. The van der Waals surface area contributed by atoms with Crippen LogP contribution in [0, 0.1) is 11.8 Å². The lowest BCUT2D eigenvalue weighted by molar-refractivity contribution is -0.136. The zero-order valence-corrected chi connectivity index (χ0v) is 21.4. The quantitative estimate of drug-likeness (QED) is 0.599. The molecule has 4 fully saturated rings. The van der Waals surface area contributed by atoms with Gasteiger partial charge in [-0.3, -0.25) is 29.4 Å². The number of nitrogens with one attached hydrogen (secondary N) is 2. The average molecular weight is 508 g/mol. The minimum absolute atomic E-state index is 0.126. The maximum absolute atomic E-state index is 13.2. The van der Waals surface area contributed by atoms with Gasteiger partial charge in [-0.2, -0.15) is 0 Å². The van der Waals surface area contributed by atoms with Crippen LogP contribution in [0.2, 0.25) is 0 Å². The topological polar surface area (TPSA) is 102 Å². The molecular formula is C28H37N5O4. The SMILES string of the molecule is O=C1CCC(N2C(=O)c3ccc(N4CCC(C5CCN(C6CCNCC6)CC5)CC4)cc3C2=O)C(=O)N1. The summed E-state index contributed by atoms with van der Waals surface area (Å²) in [6, 6.07) is 5.31. The van der Waals surface area contributed by atoms with E-state index in [1.807, 2.05) is 12.1 Å². The van der Waals surface area contributed by atoms with E-state index in [1.165, 1.54) is 38.8 Å². The third-order valence-corrected chi connectivity index (χ3v) is 9.39. The van der Waals surface area contributed by atoms with E-state index in [0.29, 0.717) is 11.1 Å². The molecule has 37 heavy (non-hydrogen) atoms. The van der Waals surface area contributed by atoms with Crippen molar-refractivity contribution in [1.82, 2.24) is 20.4 Å². The van der Waals surface area contributed by atoms with Crippen LogP contribution in [-0.4, -0.2) is 84.8 Å². The van der Waals surface area contributed by atoms with Crippen LogP contribution in [0.5, 0.6) is 0 Å². The van der Waals surface area contributed by atoms with Gasteiger partial charge < -0.3 is 15.1 Å². The fourth-order valence-corrected chi connectivity index (χ4v) is 7.21. The van der Waals surface area contributed by atoms with Gasteiger partial charge in [0.05, 0.1) is 11.1 Å². The molecule has 198 valence electrons. The molecule has 0 radical (unpaired) electrons. The summed E-state index contributed by atoms with van der Waals surface area (Å²) in [7, 11) is 0. The standard InChI is InChI=1S/C28H37N5O4/c34-25-4-3-24(26(35)30-25)33-27(36)22-2-1-21(17-23(22)28(33)37)32-15-9-19(10-16-32)18-7-13-31(14-8-18)20-5-11-29-12-6-20/h1-2,17-20,24,29H,3-16H2,(H,30,34,35). The molecule has 0 aliphatic carbocycles. The number of anilines is 1. The highest BCUT2D eigenvalue weighted by Crippen LogP contribution is 2.36. The Bertz CT molecular complexity index is 1080. The van der Waals surface area contributed by atoms with Crippen molar-refractivity contribution < 1.29 is 19.2 Å². The second-order valence-corrected chi connectivity index (χ2v) is 11.4. The maximum Gasteiger partial charge on any atom is 0.262 e. The summed E-state index contributed by atoms with van der Waals surface area (Å²) in [6.07, 6.45) is 7.79. The minimum Gasteiger partial charge on any atom is -0.371 e. The number of nitrogens with zero attached hydrogens (tertiary/aromatic N) is 3. The van der Waals surface area contributed by atoms with Gasteiger partial charge >= 0.3 is 0 Å². The first kappa shape index (κ1) is 24.6. The third-order valence-electron chi connectivity index (χ3n) is 9.39. The Morgan fingerprint density at radius 1 is 0.730 bits per heavy atom. The number of fused-ring (bicyclic) bond motifs is 1. The highest BCUT2D eigenvalue weighted by atomic mass is 16.2. The van der Waals surface area contributed by atoms with Gasteiger partial charge in [0.15, 0.2) is 0 Å². The molecule has 0 spiro atoms. The van der Waals surface area contributed by atoms with Crippen molar-refractivity contribution in [3.63, 3.8) is 0 Å². The molecule has 2 N–H and O–H groups in total. The highest BCUT2D eigenvalue weighted by Gasteiger charge is 2.45. The van der Waals surface area contributed by atoms with Crippen molar-refractivity contribution in [2.45, 2.75) is 63.5 Å². The molecule has 0 bridgehead atoms. The fraction of sp³-hybridized carbons (Fsp3) is 0.643. The molecule has 9 nitrogen and oxygen atoms in total. The van der Waals surface area contributed by atoms with Crippen LogP contribution < -0.4 is 15.5 Å². The molecule has 1 atom stereocenters. The molecule has 1 aromatic carbocycles. The summed E-state index contributed by atoms with van der Waals surface area (Å²) in [6.45, 7) is 6.69. The lowest BCUT2D eigenvalue weighted by atomic mass is 9.78. The summed E-state index contributed by atoms with van der Waals surface area (Å²) in [4.78, 5) is 56.1. The monoisotopic (exact) mass is 507 g/mol. The van der Waals surface area contributed by atoms with Crippen LogP contribution in [0.1, 0.15) is 72.1 Å². The van der Waals surface area contributed by atoms with Crippen molar-refractivity contribution in [3.8, 4) is 0 Å². The lowest BCUT2D eigenvalue weighted by Gasteiger charge is -2.43. The lowest BCUT2D eigenvalue weighted by Crippen LogP contribution is -2.54. The molecule has 4 saturated heterocycles. The number of imide groups is 2. The van der Waals surface area contributed by atoms with Gasteiger partial charge in [-0.05, 0) is 101 Å². The Labute approximate surface area is 217 Å². The predicted molar refractivity (Wildman–Crippen MR) is 138 cm³/mol. The zero-order valence-electron chi connectivity index (χ0n) is 21.4.